The zero-order valence-electron chi connectivity index (χ0n) is 10.2. The number of nitrogens with zero attached hydrogens (tertiary/aromatic N) is 1. The molecule has 6 nitrogen and oxygen atoms in total. The summed E-state index contributed by atoms with van der Waals surface area (Å²) in [6.07, 6.45) is 0.597. The van der Waals surface area contributed by atoms with Crippen LogP contribution in [0.1, 0.15) is 6.42 Å². The Hall–Kier alpha value is -1.76. The van der Waals surface area contributed by atoms with Crippen LogP contribution in [-0.4, -0.2) is 34.6 Å². The van der Waals surface area contributed by atoms with Crippen molar-refractivity contribution in [2.75, 3.05) is 11.5 Å². The second-order valence-corrected chi connectivity index (χ2v) is 7.24. The summed E-state index contributed by atoms with van der Waals surface area (Å²) in [7, 11) is -2.94. The van der Waals surface area contributed by atoms with Gasteiger partial charge in [0.1, 0.15) is 5.75 Å². The van der Waals surface area contributed by atoms with Crippen molar-refractivity contribution in [3.05, 3.63) is 28.7 Å². The summed E-state index contributed by atoms with van der Waals surface area (Å²) in [5.74, 6) is 0.416. The van der Waals surface area contributed by atoms with Gasteiger partial charge in [-0.2, -0.15) is 0 Å². The molecule has 0 radical (unpaired) electrons. The van der Waals surface area contributed by atoms with Crippen LogP contribution in [0.5, 0.6) is 5.75 Å². The van der Waals surface area contributed by atoms with Crippen molar-refractivity contribution < 1.29 is 13.5 Å². The smallest absolute Gasteiger partial charge is 0.326 e. The molecule has 0 spiro atoms. The molecule has 1 aliphatic heterocycles. The van der Waals surface area contributed by atoms with E-state index in [-0.39, 0.29) is 28.9 Å². The number of imidazole rings is 1. The molecule has 102 valence electrons. The van der Waals surface area contributed by atoms with Gasteiger partial charge in [-0.25, -0.2) is 13.2 Å². The third kappa shape index (κ3) is 2.25. The number of phenolic OH excluding ortho intramolecular Hbond substituents is 1. The maximum Gasteiger partial charge on any atom is 0.326 e. The number of hydrogen-bond acceptors (Lipinski definition) is 4. The first kappa shape index (κ1) is 12.3. The monoisotopic (exact) mass is 282 g/mol. The minimum absolute atomic E-state index is 0.0181. The summed E-state index contributed by atoms with van der Waals surface area (Å²) in [5.41, 5.74) is 0.975. The first-order valence-electron chi connectivity index (χ1n) is 6.06. The number of aromatic hydroxyl groups is 1. The standard InChI is InChI=1S/C12H14N2O4S/c15-9-1-2-11-10(5-9)13-12(16)14(11)6-8-3-4-19(17,18)7-8/h1-2,5,8,15H,3-4,6-7H2,(H,13,16). The van der Waals surface area contributed by atoms with Gasteiger partial charge in [-0.05, 0) is 24.5 Å². The van der Waals surface area contributed by atoms with Crippen LogP contribution in [0, 0.1) is 5.92 Å². The van der Waals surface area contributed by atoms with Crippen molar-refractivity contribution in [1.29, 1.82) is 0 Å². The van der Waals surface area contributed by atoms with Crippen molar-refractivity contribution in [1.82, 2.24) is 9.55 Å². The number of nitrogens with one attached hydrogen (secondary N) is 1. The summed E-state index contributed by atoms with van der Waals surface area (Å²) in [6.45, 7) is 0.392. The van der Waals surface area contributed by atoms with Crippen LogP contribution in [0.2, 0.25) is 0 Å². The summed E-state index contributed by atoms with van der Waals surface area (Å²) < 4.78 is 24.4. The molecule has 1 aromatic carbocycles. The van der Waals surface area contributed by atoms with Crippen molar-refractivity contribution in [3.8, 4) is 5.75 Å². The number of phenols is 1. The molecule has 0 bridgehead atoms. The zero-order chi connectivity index (χ0) is 13.6. The number of fused-ring (bicyclic) bond motifs is 1. The Labute approximate surface area is 109 Å². The minimum atomic E-state index is -2.94. The lowest BCUT2D eigenvalue weighted by Crippen LogP contribution is -2.22. The lowest BCUT2D eigenvalue weighted by molar-refractivity contribution is 0.475. The van der Waals surface area contributed by atoms with Crippen molar-refractivity contribution in [2.45, 2.75) is 13.0 Å². The van der Waals surface area contributed by atoms with Crippen LogP contribution >= 0.6 is 0 Å². The summed E-state index contributed by atoms with van der Waals surface area (Å²) in [4.78, 5) is 14.5. The average Bonchev–Trinajstić information content (AvgIpc) is 2.80. The van der Waals surface area contributed by atoms with Crippen molar-refractivity contribution in [3.63, 3.8) is 0 Å². The van der Waals surface area contributed by atoms with E-state index < -0.39 is 9.84 Å². The number of rotatable bonds is 2. The minimum Gasteiger partial charge on any atom is -0.508 e. The normalized spacial score (nSPS) is 22.0. The molecule has 2 N–H and O–H groups in total. The van der Waals surface area contributed by atoms with Crippen LogP contribution in [-0.2, 0) is 16.4 Å². The van der Waals surface area contributed by atoms with Crippen LogP contribution in [0.4, 0.5) is 0 Å². The fraction of sp³-hybridized carbons (Fsp3) is 0.417. The Bertz CT molecular complexity index is 788. The summed E-state index contributed by atoms with van der Waals surface area (Å²) >= 11 is 0. The van der Waals surface area contributed by atoms with E-state index in [0.29, 0.717) is 24.0 Å². The molecule has 0 aliphatic carbocycles. The fourth-order valence-electron chi connectivity index (χ4n) is 2.61. The van der Waals surface area contributed by atoms with E-state index in [9.17, 15) is 18.3 Å². The average molecular weight is 282 g/mol. The number of hydrogen-bond donors (Lipinski definition) is 2. The van der Waals surface area contributed by atoms with Gasteiger partial charge in [-0.1, -0.05) is 0 Å². The Morgan fingerprint density at radius 2 is 2.21 bits per heavy atom. The van der Waals surface area contributed by atoms with Crippen LogP contribution in [0.15, 0.2) is 23.0 Å². The highest BCUT2D eigenvalue weighted by Gasteiger charge is 2.28. The molecule has 1 aromatic heterocycles. The number of aromatic nitrogens is 2. The Balaban J connectivity index is 1.97. The van der Waals surface area contributed by atoms with Gasteiger partial charge in [0.25, 0.3) is 0 Å². The maximum absolute atomic E-state index is 11.9. The molecule has 3 rings (SSSR count). The molecule has 1 unspecified atom stereocenters. The van der Waals surface area contributed by atoms with E-state index in [1.54, 1.807) is 10.6 Å². The second-order valence-electron chi connectivity index (χ2n) is 5.01. The van der Waals surface area contributed by atoms with Crippen LogP contribution in [0.25, 0.3) is 11.0 Å². The molecule has 1 aliphatic rings. The number of benzene rings is 1. The molecule has 2 aromatic rings. The van der Waals surface area contributed by atoms with Crippen molar-refractivity contribution >= 4 is 20.9 Å². The van der Waals surface area contributed by atoms with Gasteiger partial charge in [-0.3, -0.25) is 4.57 Å². The number of aromatic amines is 1. The van der Waals surface area contributed by atoms with Gasteiger partial charge in [-0.15, -0.1) is 0 Å². The van der Waals surface area contributed by atoms with Crippen molar-refractivity contribution in [2.24, 2.45) is 5.92 Å². The fourth-order valence-corrected chi connectivity index (χ4v) is 4.46. The Morgan fingerprint density at radius 3 is 2.89 bits per heavy atom. The Morgan fingerprint density at radius 1 is 1.42 bits per heavy atom. The van der Waals surface area contributed by atoms with E-state index >= 15 is 0 Å². The molecule has 7 heteroatoms. The summed E-state index contributed by atoms with van der Waals surface area (Å²) in [5, 5.41) is 9.37. The van der Waals surface area contributed by atoms with Crippen LogP contribution in [0.3, 0.4) is 0 Å². The van der Waals surface area contributed by atoms with Gasteiger partial charge in [0.15, 0.2) is 9.84 Å². The van der Waals surface area contributed by atoms with E-state index in [0.717, 1.165) is 0 Å². The molecule has 2 heterocycles. The highest BCUT2D eigenvalue weighted by atomic mass is 32.2. The predicted octanol–water partition coefficient (Wildman–Crippen LogP) is 0.470. The third-order valence-corrected chi connectivity index (χ3v) is 5.36. The third-order valence-electron chi connectivity index (χ3n) is 3.53. The lowest BCUT2D eigenvalue weighted by atomic mass is 10.1. The predicted molar refractivity (Wildman–Crippen MR) is 71.0 cm³/mol. The quantitative estimate of drug-likeness (QED) is 0.837. The lowest BCUT2D eigenvalue weighted by Gasteiger charge is -2.08. The van der Waals surface area contributed by atoms with Gasteiger partial charge in [0.05, 0.1) is 22.5 Å². The van der Waals surface area contributed by atoms with E-state index in [4.69, 9.17) is 0 Å². The molecular formula is C12H14N2O4S. The second kappa shape index (κ2) is 4.12. The molecule has 1 atom stereocenters. The van der Waals surface area contributed by atoms with E-state index in [1.807, 2.05) is 0 Å². The first-order chi connectivity index (χ1) is 8.94. The first-order valence-corrected chi connectivity index (χ1v) is 7.89. The largest absolute Gasteiger partial charge is 0.508 e. The molecule has 0 amide bonds. The highest BCUT2D eigenvalue weighted by molar-refractivity contribution is 7.91. The van der Waals surface area contributed by atoms with Gasteiger partial charge < -0.3 is 10.1 Å². The van der Waals surface area contributed by atoms with Gasteiger partial charge >= 0.3 is 5.69 Å². The molecular weight excluding hydrogens is 268 g/mol. The number of sulfone groups is 1. The topological polar surface area (TPSA) is 92.2 Å². The SMILES string of the molecule is O=c1[nH]c2cc(O)ccc2n1CC1CCS(=O)(=O)C1. The molecule has 1 fully saturated rings. The van der Waals surface area contributed by atoms with Gasteiger partial charge in [0.2, 0.25) is 0 Å². The maximum atomic E-state index is 11.9. The molecule has 1 saturated heterocycles. The Kier molecular flexibility index (Phi) is 2.67. The van der Waals surface area contributed by atoms with E-state index in [1.165, 1.54) is 12.1 Å². The number of H-pyrrole nitrogens is 1. The highest BCUT2D eigenvalue weighted by Crippen LogP contribution is 2.22. The van der Waals surface area contributed by atoms with Gasteiger partial charge in [0, 0.05) is 12.6 Å². The summed E-state index contributed by atoms with van der Waals surface area (Å²) in [6, 6.07) is 4.65. The zero-order valence-corrected chi connectivity index (χ0v) is 11.0. The molecule has 0 saturated carbocycles. The van der Waals surface area contributed by atoms with Crippen LogP contribution < -0.4 is 5.69 Å². The molecule has 19 heavy (non-hydrogen) atoms. The van der Waals surface area contributed by atoms with E-state index in [2.05, 4.69) is 4.98 Å².